The lowest BCUT2D eigenvalue weighted by Gasteiger charge is -2.17. The summed E-state index contributed by atoms with van der Waals surface area (Å²) in [6, 6.07) is 24.2. The van der Waals surface area contributed by atoms with E-state index in [9.17, 15) is 4.79 Å². The highest BCUT2D eigenvalue weighted by atomic mass is 16.1. The minimum Gasteiger partial charge on any atom is -0.295 e. The van der Waals surface area contributed by atoms with E-state index in [0.717, 1.165) is 12.1 Å². The highest BCUT2D eigenvalue weighted by molar-refractivity contribution is 5.97. The summed E-state index contributed by atoms with van der Waals surface area (Å²) in [5, 5.41) is 2.49. The van der Waals surface area contributed by atoms with Crippen LogP contribution in [0.25, 0.3) is 10.8 Å². The van der Waals surface area contributed by atoms with Crippen LogP contribution >= 0.6 is 0 Å². The molecule has 0 N–H and O–H groups in total. The summed E-state index contributed by atoms with van der Waals surface area (Å²) in [5.41, 5.74) is 2.02. The van der Waals surface area contributed by atoms with Crippen molar-refractivity contribution in [1.82, 2.24) is 4.90 Å². The quantitative estimate of drug-likeness (QED) is 0.657. The fraction of sp³-hybridized carbons (Fsp3) is 0.150. The van der Waals surface area contributed by atoms with E-state index in [4.69, 9.17) is 0 Å². The largest absolute Gasteiger partial charge is 0.295 e. The zero-order valence-electron chi connectivity index (χ0n) is 12.7. The summed E-state index contributed by atoms with van der Waals surface area (Å²) in [6.07, 6.45) is 0. The van der Waals surface area contributed by atoms with Crippen LogP contribution in [0.2, 0.25) is 0 Å². The van der Waals surface area contributed by atoms with Crippen molar-refractivity contribution in [2.45, 2.75) is 6.54 Å². The Balaban J connectivity index is 1.74. The van der Waals surface area contributed by atoms with Crippen molar-refractivity contribution in [2.75, 3.05) is 13.6 Å². The van der Waals surface area contributed by atoms with Gasteiger partial charge in [0.2, 0.25) is 0 Å². The predicted octanol–water partition coefficient (Wildman–Crippen LogP) is 4.15. The molecule has 0 atom stereocenters. The first-order chi connectivity index (χ1) is 10.7. The molecule has 0 aliphatic carbocycles. The molecule has 0 aromatic heterocycles. The Hall–Kier alpha value is -2.45. The summed E-state index contributed by atoms with van der Waals surface area (Å²) >= 11 is 0. The van der Waals surface area contributed by atoms with Gasteiger partial charge >= 0.3 is 0 Å². The molecule has 0 spiro atoms. The molecular weight excluding hydrogens is 270 g/mol. The van der Waals surface area contributed by atoms with Gasteiger partial charge in [0.1, 0.15) is 0 Å². The normalized spacial score (nSPS) is 11.0. The molecule has 3 rings (SSSR count). The van der Waals surface area contributed by atoms with Gasteiger partial charge in [-0.1, -0.05) is 72.8 Å². The Bertz CT molecular complexity index is 775. The van der Waals surface area contributed by atoms with Gasteiger partial charge in [0.15, 0.2) is 5.78 Å². The van der Waals surface area contributed by atoms with Crippen LogP contribution in [-0.4, -0.2) is 24.3 Å². The number of carbonyl (C=O) groups is 1. The minimum absolute atomic E-state index is 0.156. The number of fused-ring (bicyclic) bond motifs is 1. The molecule has 22 heavy (non-hydrogen) atoms. The van der Waals surface area contributed by atoms with Crippen LogP contribution in [0.3, 0.4) is 0 Å². The highest BCUT2D eigenvalue weighted by Gasteiger charge is 2.10. The summed E-state index contributed by atoms with van der Waals surface area (Å²) in [4.78, 5) is 14.3. The van der Waals surface area contributed by atoms with E-state index in [1.807, 2.05) is 37.4 Å². The first kappa shape index (κ1) is 14.5. The van der Waals surface area contributed by atoms with Crippen molar-refractivity contribution < 1.29 is 4.79 Å². The number of hydrogen-bond acceptors (Lipinski definition) is 2. The van der Waals surface area contributed by atoms with Crippen molar-refractivity contribution in [2.24, 2.45) is 0 Å². The van der Waals surface area contributed by atoms with E-state index in [2.05, 4.69) is 47.4 Å². The molecular formula is C20H19NO. The molecule has 2 heteroatoms. The third-order valence-corrected chi connectivity index (χ3v) is 3.83. The number of ketones is 1. The van der Waals surface area contributed by atoms with Gasteiger partial charge < -0.3 is 0 Å². The van der Waals surface area contributed by atoms with Crippen LogP contribution in [0.4, 0.5) is 0 Å². The summed E-state index contributed by atoms with van der Waals surface area (Å²) in [7, 11) is 1.99. The van der Waals surface area contributed by atoms with Gasteiger partial charge in [-0.15, -0.1) is 0 Å². The number of likely N-dealkylation sites (N-methyl/N-ethyl adjacent to an activating group) is 1. The van der Waals surface area contributed by atoms with E-state index in [1.54, 1.807) is 0 Å². The fourth-order valence-electron chi connectivity index (χ4n) is 2.74. The second-order valence-corrected chi connectivity index (χ2v) is 5.60. The Labute approximate surface area is 131 Å². The lowest BCUT2D eigenvalue weighted by molar-refractivity contribution is 0.0943. The Morgan fingerprint density at radius 2 is 1.55 bits per heavy atom. The monoisotopic (exact) mass is 289 g/mol. The molecule has 0 saturated carbocycles. The minimum atomic E-state index is 0.156. The van der Waals surface area contributed by atoms with Gasteiger partial charge in [0.05, 0.1) is 6.54 Å². The fourth-order valence-corrected chi connectivity index (χ4v) is 2.74. The summed E-state index contributed by atoms with van der Waals surface area (Å²) < 4.78 is 0. The number of carbonyl (C=O) groups excluding carboxylic acids is 1. The Morgan fingerprint density at radius 3 is 2.36 bits per heavy atom. The molecule has 0 heterocycles. The van der Waals surface area contributed by atoms with Crippen molar-refractivity contribution in [3.8, 4) is 0 Å². The van der Waals surface area contributed by atoms with Gasteiger partial charge in [-0.25, -0.2) is 0 Å². The summed E-state index contributed by atoms with van der Waals surface area (Å²) in [5.74, 6) is 0.156. The van der Waals surface area contributed by atoms with Gasteiger partial charge in [-0.2, -0.15) is 0 Å². The van der Waals surface area contributed by atoms with Crippen LogP contribution in [0, 0.1) is 0 Å². The predicted molar refractivity (Wildman–Crippen MR) is 91.1 cm³/mol. The van der Waals surface area contributed by atoms with E-state index in [-0.39, 0.29) is 5.78 Å². The lowest BCUT2D eigenvalue weighted by atomic mass is 10.0. The zero-order chi connectivity index (χ0) is 15.4. The van der Waals surface area contributed by atoms with Crippen LogP contribution in [0.5, 0.6) is 0 Å². The molecule has 110 valence electrons. The van der Waals surface area contributed by atoms with Crippen molar-refractivity contribution >= 4 is 16.6 Å². The zero-order valence-corrected chi connectivity index (χ0v) is 12.7. The molecule has 3 aromatic rings. The molecule has 0 aliphatic rings. The number of nitrogens with zero attached hydrogens (tertiary/aromatic N) is 1. The van der Waals surface area contributed by atoms with E-state index < -0.39 is 0 Å². The van der Waals surface area contributed by atoms with Crippen LogP contribution in [0.1, 0.15) is 15.9 Å². The number of hydrogen-bond donors (Lipinski definition) is 0. The molecule has 3 aromatic carbocycles. The van der Waals surface area contributed by atoms with Crippen molar-refractivity contribution in [3.63, 3.8) is 0 Å². The standard InChI is InChI=1S/C20H19NO/c1-21(15-20(22)17-9-3-2-4-10-17)14-18-12-7-11-16-8-5-6-13-19(16)18/h2-13H,14-15H2,1H3. The maximum absolute atomic E-state index is 12.3. The van der Waals surface area contributed by atoms with Crippen molar-refractivity contribution in [3.05, 3.63) is 83.9 Å². The highest BCUT2D eigenvalue weighted by Crippen LogP contribution is 2.19. The molecule has 0 saturated heterocycles. The molecule has 0 bridgehead atoms. The smallest absolute Gasteiger partial charge is 0.176 e. The average Bonchev–Trinajstić information content (AvgIpc) is 2.56. The number of rotatable bonds is 5. The molecule has 2 nitrogen and oxygen atoms in total. The second kappa shape index (κ2) is 6.54. The first-order valence-corrected chi connectivity index (χ1v) is 7.47. The summed E-state index contributed by atoms with van der Waals surface area (Å²) in [6.45, 7) is 1.19. The van der Waals surface area contributed by atoms with Crippen LogP contribution < -0.4 is 0 Å². The molecule has 0 fully saturated rings. The first-order valence-electron chi connectivity index (χ1n) is 7.47. The number of benzene rings is 3. The third kappa shape index (κ3) is 3.23. The molecule has 0 aliphatic heterocycles. The van der Waals surface area contributed by atoms with Crippen LogP contribution in [-0.2, 0) is 6.54 Å². The van der Waals surface area contributed by atoms with Gasteiger partial charge in [-0.3, -0.25) is 9.69 Å². The van der Waals surface area contributed by atoms with Crippen molar-refractivity contribution in [1.29, 1.82) is 0 Å². The Morgan fingerprint density at radius 1 is 0.864 bits per heavy atom. The van der Waals surface area contributed by atoms with E-state index >= 15 is 0 Å². The van der Waals surface area contributed by atoms with E-state index in [0.29, 0.717) is 6.54 Å². The third-order valence-electron chi connectivity index (χ3n) is 3.83. The number of Topliss-reactive ketones (excluding diaryl/α,β-unsaturated/α-hetero) is 1. The molecule has 0 amide bonds. The maximum Gasteiger partial charge on any atom is 0.176 e. The van der Waals surface area contributed by atoms with Crippen LogP contribution in [0.15, 0.2) is 72.8 Å². The topological polar surface area (TPSA) is 20.3 Å². The average molecular weight is 289 g/mol. The van der Waals surface area contributed by atoms with Gasteiger partial charge in [0.25, 0.3) is 0 Å². The van der Waals surface area contributed by atoms with E-state index in [1.165, 1.54) is 16.3 Å². The lowest BCUT2D eigenvalue weighted by Crippen LogP contribution is -2.25. The van der Waals surface area contributed by atoms with Gasteiger partial charge in [0, 0.05) is 12.1 Å². The van der Waals surface area contributed by atoms with Gasteiger partial charge in [-0.05, 0) is 23.4 Å². The molecule has 0 unspecified atom stereocenters. The molecule has 0 radical (unpaired) electrons. The second-order valence-electron chi connectivity index (χ2n) is 5.60. The Kier molecular flexibility index (Phi) is 4.31. The SMILES string of the molecule is CN(CC(=O)c1ccccc1)Cc1cccc2ccccc12. The maximum atomic E-state index is 12.3.